The van der Waals surface area contributed by atoms with E-state index in [1.807, 2.05) is 148 Å². The number of hydrogen-bond acceptors (Lipinski definition) is 13. The van der Waals surface area contributed by atoms with Crippen LogP contribution in [0.25, 0.3) is 11.1 Å². The van der Waals surface area contributed by atoms with Crippen LogP contribution in [0.1, 0.15) is 74.6 Å². The Morgan fingerprint density at radius 2 is 1.32 bits per heavy atom. The van der Waals surface area contributed by atoms with Gasteiger partial charge in [-0.2, -0.15) is 0 Å². The zero-order valence-corrected chi connectivity index (χ0v) is 44.1. The Kier molecular flexibility index (Phi) is 17.9. The third-order valence-corrected chi connectivity index (χ3v) is 16.2. The Hall–Kier alpha value is -6.17. The molecule has 0 spiro atoms. The Labute approximate surface area is 435 Å². The molecule has 1 aliphatic heterocycles. The van der Waals surface area contributed by atoms with Crippen LogP contribution < -0.4 is 26.0 Å². The fourth-order valence-corrected chi connectivity index (χ4v) is 12.1. The topological polar surface area (TPSA) is 169 Å². The van der Waals surface area contributed by atoms with E-state index in [2.05, 4.69) is 22.4 Å². The van der Waals surface area contributed by atoms with Crippen LogP contribution in [0, 0.1) is 0 Å². The molecule has 18 heteroatoms. The highest BCUT2D eigenvalue weighted by atomic mass is 32.2. The van der Waals surface area contributed by atoms with E-state index in [-0.39, 0.29) is 48.7 Å². The van der Waals surface area contributed by atoms with Gasteiger partial charge in [0.1, 0.15) is 35.9 Å². The van der Waals surface area contributed by atoms with Crippen molar-refractivity contribution in [3.8, 4) is 22.6 Å². The molecule has 1 fully saturated rings. The fourth-order valence-electron chi connectivity index (χ4n) is 9.57. The molecule has 2 aliphatic rings. The predicted molar refractivity (Wildman–Crippen MR) is 283 cm³/mol. The highest BCUT2D eigenvalue weighted by Gasteiger charge is 2.51. The summed E-state index contributed by atoms with van der Waals surface area (Å²) >= 11 is 0.976. The maximum absolute atomic E-state index is 17.5. The molecule has 5 aromatic carbocycles. The zero-order valence-electron chi connectivity index (χ0n) is 42.3. The minimum Gasteiger partial charge on any atom is -0.497 e. The van der Waals surface area contributed by atoms with Gasteiger partial charge in [0.15, 0.2) is 12.4 Å². The predicted octanol–water partition coefficient (Wildman–Crippen LogP) is 9.73. The third-order valence-electron chi connectivity index (χ3n) is 13.0. The molecule has 2 N–H and O–H groups in total. The van der Waals surface area contributed by atoms with Gasteiger partial charge in [-0.05, 0) is 97.8 Å². The standard InChI is InChI=1S/C56H62FN4O11PS/c1-35(2)61(36(3)4)73(70-31-32-74-53(63)37(5)58-55(65)68-33-47-45-19-13-11-17-43(45)44-18-12-14-20-46(44)47)72-51-48(71-52(50(51)57)60-30-29-49(62)59-54(60)64)34-69-56(38-15-9-8-10-16-38,39-21-25-41(66-6)26-22-39)40-23-27-42(67-7)28-24-40/h8-30,35-37,47-48,50-52H,31-34H2,1-7H3,(H,58,65)(H,59,62,64). The van der Waals surface area contributed by atoms with Gasteiger partial charge in [-0.25, -0.2) is 18.6 Å². The minimum absolute atomic E-state index is 0.0102. The molecule has 74 heavy (non-hydrogen) atoms. The van der Waals surface area contributed by atoms with Gasteiger partial charge in [0, 0.05) is 36.0 Å². The van der Waals surface area contributed by atoms with Gasteiger partial charge < -0.3 is 38.0 Å². The van der Waals surface area contributed by atoms with E-state index in [4.69, 9.17) is 32.7 Å². The van der Waals surface area contributed by atoms with Crippen molar-refractivity contribution in [2.45, 2.75) is 88.9 Å². The number of aromatic nitrogens is 2. The first-order valence-corrected chi connectivity index (χ1v) is 26.6. The Balaban J connectivity index is 1.01. The molecule has 0 bridgehead atoms. The van der Waals surface area contributed by atoms with Crippen LogP contribution in [0.3, 0.4) is 0 Å². The van der Waals surface area contributed by atoms with Crippen molar-refractivity contribution in [3.63, 3.8) is 0 Å². The third kappa shape index (κ3) is 11.8. The maximum Gasteiger partial charge on any atom is 0.407 e. The Morgan fingerprint density at radius 1 is 0.770 bits per heavy atom. The van der Waals surface area contributed by atoms with Crippen LogP contribution in [-0.4, -0.2) is 102 Å². The van der Waals surface area contributed by atoms with E-state index in [1.54, 1.807) is 21.1 Å². The lowest BCUT2D eigenvalue weighted by molar-refractivity contribution is -0.112. The van der Waals surface area contributed by atoms with Crippen LogP contribution >= 0.6 is 20.3 Å². The largest absolute Gasteiger partial charge is 0.497 e. The summed E-state index contributed by atoms with van der Waals surface area (Å²) in [5, 5.41) is 2.36. The number of rotatable bonds is 22. The lowest BCUT2D eigenvalue weighted by Gasteiger charge is -2.39. The van der Waals surface area contributed by atoms with E-state index >= 15 is 4.39 Å². The van der Waals surface area contributed by atoms with Crippen LogP contribution in [0.5, 0.6) is 11.5 Å². The number of halogens is 1. The minimum atomic E-state index is -2.09. The highest BCUT2D eigenvalue weighted by molar-refractivity contribution is 8.13. The van der Waals surface area contributed by atoms with Gasteiger partial charge in [0.2, 0.25) is 5.12 Å². The molecule has 8 rings (SSSR count). The fraction of sp³-hybridized carbons (Fsp3) is 0.357. The van der Waals surface area contributed by atoms with Gasteiger partial charge in [-0.1, -0.05) is 115 Å². The second-order valence-corrected chi connectivity index (χ2v) is 20.9. The number of amides is 1. The van der Waals surface area contributed by atoms with Crippen molar-refractivity contribution in [1.29, 1.82) is 0 Å². The van der Waals surface area contributed by atoms with Crippen LogP contribution in [0.2, 0.25) is 0 Å². The number of methoxy groups -OCH3 is 2. The summed E-state index contributed by atoms with van der Waals surface area (Å²) in [6.07, 6.45) is -5.58. The molecule has 1 saturated heterocycles. The smallest absolute Gasteiger partial charge is 0.407 e. The van der Waals surface area contributed by atoms with Crippen LogP contribution in [0.4, 0.5) is 9.18 Å². The van der Waals surface area contributed by atoms with Crippen molar-refractivity contribution >= 4 is 31.5 Å². The van der Waals surface area contributed by atoms with Gasteiger partial charge >= 0.3 is 11.8 Å². The molecule has 6 unspecified atom stereocenters. The molecular formula is C56H62FN4O11PS. The zero-order chi connectivity index (χ0) is 52.5. The summed E-state index contributed by atoms with van der Waals surface area (Å²) in [5.41, 5.74) is 3.73. The van der Waals surface area contributed by atoms with Crippen molar-refractivity contribution in [2.24, 2.45) is 0 Å². The summed E-state index contributed by atoms with van der Waals surface area (Å²) in [7, 11) is 1.08. The molecule has 1 aromatic heterocycles. The molecule has 390 valence electrons. The molecule has 0 saturated carbocycles. The molecule has 15 nitrogen and oxygen atoms in total. The molecule has 6 atom stereocenters. The number of benzene rings is 5. The van der Waals surface area contributed by atoms with Crippen LogP contribution in [0.15, 0.2) is 149 Å². The number of alkyl halides is 1. The van der Waals surface area contributed by atoms with Crippen molar-refractivity contribution in [3.05, 3.63) is 188 Å². The lowest BCUT2D eigenvalue weighted by atomic mass is 9.80. The number of nitrogens with zero attached hydrogens (tertiary/aromatic N) is 2. The van der Waals surface area contributed by atoms with E-state index < -0.39 is 62.1 Å². The molecule has 1 amide bonds. The SMILES string of the molecule is COc1ccc(C(OCC2OC(n3ccc(=O)[nH]c3=O)C(F)C2OP(OCCSC(=O)C(C)NC(=O)OCC2c3ccccc3-c3ccccc32)N(C(C)C)C(C)C)(c2ccccc2)c2ccc(OC)cc2)cc1. The normalized spacial score (nSPS) is 18.3. The monoisotopic (exact) mass is 1050 g/mol. The second kappa shape index (κ2) is 24.5. The Morgan fingerprint density at radius 3 is 1.88 bits per heavy atom. The average molecular weight is 1050 g/mol. The number of H-pyrrole nitrogens is 1. The van der Waals surface area contributed by atoms with Gasteiger partial charge in [-0.15, -0.1) is 0 Å². The number of aromatic amines is 1. The first-order chi connectivity index (χ1) is 35.7. The number of alkyl carbamates (subject to hydrolysis) is 1. The number of nitrogens with one attached hydrogen (secondary N) is 2. The number of ether oxygens (including phenoxy) is 5. The van der Waals surface area contributed by atoms with Gasteiger partial charge in [0.05, 0.1) is 33.5 Å². The molecule has 1 aliphatic carbocycles. The highest BCUT2D eigenvalue weighted by Crippen LogP contribution is 2.51. The lowest BCUT2D eigenvalue weighted by Crippen LogP contribution is -2.41. The quantitative estimate of drug-likeness (QED) is 0.0375. The van der Waals surface area contributed by atoms with Gasteiger partial charge in [0.25, 0.3) is 14.1 Å². The van der Waals surface area contributed by atoms with Crippen LogP contribution in [-0.2, 0) is 33.7 Å². The van der Waals surface area contributed by atoms with E-state index in [0.717, 1.165) is 61.3 Å². The molecule has 6 aromatic rings. The molecular weight excluding hydrogens is 987 g/mol. The molecule has 0 radical (unpaired) electrons. The number of hydrogen-bond donors (Lipinski definition) is 2. The van der Waals surface area contributed by atoms with E-state index in [9.17, 15) is 19.2 Å². The summed E-state index contributed by atoms with van der Waals surface area (Å²) in [6, 6.07) is 40.5. The number of thioether (sulfide) groups is 1. The summed E-state index contributed by atoms with van der Waals surface area (Å²) in [5.74, 6) is 1.30. The second-order valence-electron chi connectivity index (χ2n) is 18.4. The van der Waals surface area contributed by atoms with Crippen molar-refractivity contribution in [1.82, 2.24) is 19.5 Å². The maximum atomic E-state index is 17.5. The number of fused-ring (bicyclic) bond motifs is 3. The summed E-state index contributed by atoms with van der Waals surface area (Å²) in [6.45, 7) is 9.32. The van der Waals surface area contributed by atoms with Crippen molar-refractivity contribution in [2.75, 3.05) is 39.8 Å². The Bertz CT molecular complexity index is 2860. The number of carbonyl (C=O) groups excluding carboxylic acids is 2. The first kappa shape index (κ1) is 54.1. The molecule has 2 heterocycles. The van der Waals surface area contributed by atoms with E-state index in [1.165, 1.54) is 6.20 Å². The van der Waals surface area contributed by atoms with Crippen molar-refractivity contribution < 1.29 is 46.7 Å². The average Bonchev–Trinajstić information content (AvgIpc) is 3.89. The summed E-state index contributed by atoms with van der Waals surface area (Å²) < 4.78 is 64.2. The number of carbonyl (C=O) groups is 2. The summed E-state index contributed by atoms with van der Waals surface area (Å²) in [4.78, 5) is 54.1. The first-order valence-electron chi connectivity index (χ1n) is 24.5. The van der Waals surface area contributed by atoms with Gasteiger partial charge in [-0.3, -0.25) is 19.1 Å². The van der Waals surface area contributed by atoms with E-state index in [0.29, 0.717) is 11.5 Å².